The summed E-state index contributed by atoms with van der Waals surface area (Å²) in [5.74, 6) is 0.765. The van der Waals surface area contributed by atoms with Crippen LogP contribution in [0.3, 0.4) is 0 Å². The van der Waals surface area contributed by atoms with Crippen molar-refractivity contribution in [2.24, 2.45) is 10.9 Å². The van der Waals surface area contributed by atoms with Crippen molar-refractivity contribution in [3.05, 3.63) is 0 Å². The second-order valence-electron chi connectivity index (χ2n) is 8.01. The van der Waals surface area contributed by atoms with Crippen molar-refractivity contribution in [3.63, 3.8) is 0 Å². The van der Waals surface area contributed by atoms with Crippen molar-refractivity contribution in [2.45, 2.75) is 108 Å². The maximum absolute atomic E-state index is 4.27. The lowest BCUT2D eigenvalue weighted by atomic mass is 9.81. The van der Waals surface area contributed by atoms with Crippen LogP contribution in [0.2, 0.25) is 0 Å². The molecule has 3 aliphatic carbocycles. The summed E-state index contributed by atoms with van der Waals surface area (Å²) in [7, 11) is 1.93. The highest BCUT2D eigenvalue weighted by molar-refractivity contribution is 5.60. The van der Waals surface area contributed by atoms with Gasteiger partial charge in [-0.05, 0) is 57.3 Å². The third kappa shape index (κ3) is 4.13. The van der Waals surface area contributed by atoms with Crippen LogP contribution in [0.15, 0.2) is 4.99 Å². The van der Waals surface area contributed by atoms with Crippen molar-refractivity contribution in [1.29, 1.82) is 0 Å². The minimum absolute atomic E-state index is 0.765. The van der Waals surface area contributed by atoms with Crippen molar-refractivity contribution >= 4 is 6.21 Å². The van der Waals surface area contributed by atoms with Gasteiger partial charge in [-0.15, -0.1) is 0 Å². The molecule has 0 aliphatic heterocycles. The fraction of sp³-hybridized carbons (Fsp3) is 0.950. The van der Waals surface area contributed by atoms with Gasteiger partial charge in [0.05, 0.1) is 0 Å². The molecule has 0 aromatic heterocycles. The maximum atomic E-state index is 4.27. The van der Waals surface area contributed by atoms with E-state index >= 15 is 0 Å². The quantitative estimate of drug-likeness (QED) is 0.651. The zero-order valence-electron chi connectivity index (χ0n) is 14.7. The summed E-state index contributed by atoms with van der Waals surface area (Å²) >= 11 is 0. The van der Waals surface area contributed by atoms with Crippen LogP contribution >= 0.6 is 0 Å². The summed E-state index contributed by atoms with van der Waals surface area (Å²) in [6.45, 7) is 0. The molecule has 22 heavy (non-hydrogen) atoms. The molecule has 3 rings (SSSR count). The van der Waals surface area contributed by atoms with E-state index in [4.69, 9.17) is 0 Å². The van der Waals surface area contributed by atoms with Crippen LogP contribution in [0.1, 0.15) is 89.9 Å². The molecule has 0 atom stereocenters. The summed E-state index contributed by atoms with van der Waals surface area (Å²) in [6.07, 6.45) is 22.6. The first kappa shape index (κ1) is 16.5. The van der Waals surface area contributed by atoms with Crippen molar-refractivity contribution < 1.29 is 0 Å². The monoisotopic (exact) mass is 304 g/mol. The average Bonchev–Trinajstić information content (AvgIpc) is 2.59. The average molecular weight is 305 g/mol. The Morgan fingerprint density at radius 2 is 1.09 bits per heavy atom. The maximum Gasteiger partial charge on any atom is 0.0273 e. The van der Waals surface area contributed by atoms with Gasteiger partial charge in [-0.2, -0.15) is 0 Å². The molecule has 0 saturated heterocycles. The Hall–Kier alpha value is -0.370. The van der Waals surface area contributed by atoms with E-state index in [1.807, 2.05) is 7.05 Å². The normalized spacial score (nSPS) is 32.8. The van der Waals surface area contributed by atoms with Crippen LogP contribution in [0.5, 0.6) is 0 Å². The van der Waals surface area contributed by atoms with Crippen molar-refractivity contribution in [2.75, 3.05) is 7.05 Å². The molecule has 0 unspecified atom stereocenters. The number of rotatable bonds is 4. The molecule has 3 saturated carbocycles. The molecule has 0 aromatic carbocycles. The summed E-state index contributed by atoms with van der Waals surface area (Å²) < 4.78 is 0. The Labute approximate surface area is 137 Å². The minimum Gasteiger partial charge on any atom is -0.301 e. The molecule has 0 radical (unpaired) electrons. The lowest BCUT2D eigenvalue weighted by molar-refractivity contribution is 0.0193. The topological polar surface area (TPSA) is 15.6 Å². The molecule has 0 aromatic rings. The zero-order chi connectivity index (χ0) is 15.2. The SMILES string of the molecule is CN=CC1CCC(N(C2CCCCC2)C2CCCCC2)CC1. The Bertz CT molecular complexity index is 314. The predicted octanol–water partition coefficient (Wildman–Crippen LogP) is 5.21. The predicted molar refractivity (Wildman–Crippen MR) is 95.7 cm³/mol. The van der Waals surface area contributed by atoms with E-state index in [-0.39, 0.29) is 0 Å². The van der Waals surface area contributed by atoms with Gasteiger partial charge in [0.25, 0.3) is 0 Å². The molecule has 0 heterocycles. The molecule has 0 amide bonds. The van der Waals surface area contributed by atoms with E-state index in [1.165, 1.54) is 89.9 Å². The van der Waals surface area contributed by atoms with Gasteiger partial charge in [-0.3, -0.25) is 4.90 Å². The molecule has 3 aliphatic rings. The summed E-state index contributed by atoms with van der Waals surface area (Å²) in [4.78, 5) is 7.34. The van der Waals surface area contributed by atoms with E-state index in [2.05, 4.69) is 16.1 Å². The number of hydrogen-bond donors (Lipinski definition) is 0. The summed E-state index contributed by atoms with van der Waals surface area (Å²) in [5, 5.41) is 0. The Balaban J connectivity index is 1.65. The van der Waals surface area contributed by atoms with Gasteiger partial charge in [0.15, 0.2) is 0 Å². The zero-order valence-corrected chi connectivity index (χ0v) is 14.7. The van der Waals surface area contributed by atoms with Crippen LogP contribution < -0.4 is 0 Å². The van der Waals surface area contributed by atoms with Gasteiger partial charge >= 0.3 is 0 Å². The smallest absolute Gasteiger partial charge is 0.0273 e. The highest BCUT2D eigenvalue weighted by Crippen LogP contribution is 2.36. The van der Waals surface area contributed by atoms with Crippen LogP contribution in [-0.4, -0.2) is 36.3 Å². The number of nitrogens with zero attached hydrogens (tertiary/aromatic N) is 2. The molecule has 2 heteroatoms. The lowest BCUT2D eigenvalue weighted by Gasteiger charge is -2.48. The molecule has 2 nitrogen and oxygen atoms in total. The van der Waals surface area contributed by atoms with E-state index in [1.54, 1.807) is 0 Å². The first-order chi connectivity index (χ1) is 10.9. The summed E-state index contributed by atoms with van der Waals surface area (Å²) in [5.41, 5.74) is 0. The van der Waals surface area contributed by atoms with Gasteiger partial charge in [-0.1, -0.05) is 38.5 Å². The first-order valence-corrected chi connectivity index (χ1v) is 10.1. The lowest BCUT2D eigenvalue weighted by Crippen LogP contribution is -2.52. The van der Waals surface area contributed by atoms with Crippen LogP contribution in [0.4, 0.5) is 0 Å². The van der Waals surface area contributed by atoms with Crippen LogP contribution in [-0.2, 0) is 0 Å². The van der Waals surface area contributed by atoms with E-state index < -0.39 is 0 Å². The van der Waals surface area contributed by atoms with Crippen LogP contribution in [0, 0.1) is 5.92 Å². The molecular formula is C20H36N2. The Kier molecular flexibility index (Phi) is 6.35. The Morgan fingerprint density at radius 1 is 0.636 bits per heavy atom. The molecule has 0 bridgehead atoms. The summed E-state index contributed by atoms with van der Waals surface area (Å²) in [6, 6.07) is 2.71. The van der Waals surface area contributed by atoms with Crippen molar-refractivity contribution in [3.8, 4) is 0 Å². The highest BCUT2D eigenvalue weighted by atomic mass is 15.2. The standard InChI is InChI=1S/C20H36N2/c1-21-16-17-12-14-20(15-13-17)22(18-8-4-2-5-9-18)19-10-6-3-7-11-19/h16-20H,2-15H2,1H3. The largest absolute Gasteiger partial charge is 0.301 e. The van der Waals surface area contributed by atoms with Gasteiger partial charge in [0, 0.05) is 31.4 Å². The first-order valence-electron chi connectivity index (χ1n) is 10.1. The fourth-order valence-electron chi connectivity index (χ4n) is 5.41. The van der Waals surface area contributed by atoms with Gasteiger partial charge in [-0.25, -0.2) is 0 Å². The number of aliphatic imine (C=N–C) groups is 1. The highest BCUT2D eigenvalue weighted by Gasteiger charge is 2.35. The number of hydrogen-bond acceptors (Lipinski definition) is 2. The minimum atomic E-state index is 0.765. The Morgan fingerprint density at radius 3 is 1.55 bits per heavy atom. The van der Waals surface area contributed by atoms with Gasteiger partial charge in [0.2, 0.25) is 0 Å². The van der Waals surface area contributed by atoms with Crippen molar-refractivity contribution in [1.82, 2.24) is 4.90 Å². The second-order valence-corrected chi connectivity index (χ2v) is 8.01. The molecule has 0 spiro atoms. The van der Waals surface area contributed by atoms with Gasteiger partial charge < -0.3 is 4.99 Å². The van der Waals surface area contributed by atoms with E-state index in [9.17, 15) is 0 Å². The third-order valence-corrected chi connectivity index (χ3v) is 6.52. The van der Waals surface area contributed by atoms with Gasteiger partial charge in [0.1, 0.15) is 0 Å². The molecule has 0 N–H and O–H groups in total. The molecule has 3 fully saturated rings. The van der Waals surface area contributed by atoms with E-state index in [0.29, 0.717) is 0 Å². The molecule has 126 valence electrons. The van der Waals surface area contributed by atoms with E-state index in [0.717, 1.165) is 24.0 Å². The van der Waals surface area contributed by atoms with Crippen LogP contribution in [0.25, 0.3) is 0 Å². The second kappa shape index (κ2) is 8.47. The fourth-order valence-corrected chi connectivity index (χ4v) is 5.41. The molecular weight excluding hydrogens is 268 g/mol. The third-order valence-electron chi connectivity index (χ3n) is 6.52.